The van der Waals surface area contributed by atoms with Gasteiger partial charge in [-0.25, -0.2) is 0 Å². The number of nitrogens with zero attached hydrogens (tertiary/aromatic N) is 2. The summed E-state index contributed by atoms with van der Waals surface area (Å²) in [5, 5.41) is 1.10. The van der Waals surface area contributed by atoms with Gasteiger partial charge in [0.05, 0.1) is 10.6 Å². The number of amides is 1. The SMILES string of the molecule is O=C(c1ccncc1Cl)N(CCBr)Cc1ccccc1. The number of halogens is 2. The van der Waals surface area contributed by atoms with Crippen molar-refractivity contribution in [2.75, 3.05) is 11.9 Å². The number of aromatic nitrogens is 1. The topological polar surface area (TPSA) is 33.2 Å². The van der Waals surface area contributed by atoms with E-state index in [9.17, 15) is 4.79 Å². The van der Waals surface area contributed by atoms with Crippen LogP contribution in [0, 0.1) is 0 Å². The van der Waals surface area contributed by atoms with Crippen molar-refractivity contribution in [2.45, 2.75) is 6.54 Å². The molecule has 104 valence electrons. The highest BCUT2D eigenvalue weighted by Crippen LogP contribution is 2.17. The molecule has 0 bridgehead atoms. The first-order valence-corrected chi connectivity index (χ1v) is 7.71. The molecule has 0 N–H and O–H groups in total. The van der Waals surface area contributed by atoms with Crippen LogP contribution in [0.4, 0.5) is 0 Å². The van der Waals surface area contributed by atoms with Gasteiger partial charge in [0.2, 0.25) is 0 Å². The van der Waals surface area contributed by atoms with E-state index in [-0.39, 0.29) is 5.91 Å². The molecule has 2 rings (SSSR count). The first-order chi connectivity index (χ1) is 9.72. The van der Waals surface area contributed by atoms with E-state index < -0.39 is 0 Å². The Morgan fingerprint density at radius 2 is 2.00 bits per heavy atom. The van der Waals surface area contributed by atoms with E-state index in [0.717, 1.165) is 5.56 Å². The molecule has 0 atom stereocenters. The lowest BCUT2D eigenvalue weighted by Crippen LogP contribution is -2.32. The summed E-state index contributed by atoms with van der Waals surface area (Å²) >= 11 is 9.43. The summed E-state index contributed by atoms with van der Waals surface area (Å²) in [6.45, 7) is 1.18. The van der Waals surface area contributed by atoms with Gasteiger partial charge in [0.1, 0.15) is 0 Å². The lowest BCUT2D eigenvalue weighted by molar-refractivity contribution is 0.0755. The third-order valence-electron chi connectivity index (χ3n) is 2.86. The first-order valence-electron chi connectivity index (χ1n) is 6.21. The number of alkyl halides is 1. The lowest BCUT2D eigenvalue weighted by atomic mass is 10.2. The Morgan fingerprint density at radius 3 is 2.65 bits per heavy atom. The van der Waals surface area contributed by atoms with E-state index in [0.29, 0.717) is 29.0 Å². The standard InChI is InChI=1S/C15H14BrClN2O/c16-7-9-19(11-12-4-2-1-3-5-12)15(20)13-6-8-18-10-14(13)17/h1-6,8,10H,7,9,11H2. The second-order valence-electron chi connectivity index (χ2n) is 4.26. The van der Waals surface area contributed by atoms with Crippen molar-refractivity contribution in [3.63, 3.8) is 0 Å². The van der Waals surface area contributed by atoms with Crippen molar-refractivity contribution in [3.8, 4) is 0 Å². The third kappa shape index (κ3) is 3.81. The van der Waals surface area contributed by atoms with Gasteiger partial charge in [-0.1, -0.05) is 57.9 Å². The largest absolute Gasteiger partial charge is 0.333 e. The van der Waals surface area contributed by atoms with Crippen molar-refractivity contribution in [1.29, 1.82) is 0 Å². The molecular weight excluding hydrogens is 340 g/mol. The normalized spacial score (nSPS) is 10.3. The van der Waals surface area contributed by atoms with Crippen molar-refractivity contribution < 1.29 is 4.79 Å². The van der Waals surface area contributed by atoms with Gasteiger partial charge in [-0.15, -0.1) is 0 Å². The molecule has 0 saturated heterocycles. The molecule has 0 aliphatic carbocycles. The van der Waals surface area contributed by atoms with Crippen LogP contribution in [0.1, 0.15) is 15.9 Å². The van der Waals surface area contributed by atoms with Crippen LogP contribution < -0.4 is 0 Å². The Morgan fingerprint density at radius 1 is 1.25 bits per heavy atom. The summed E-state index contributed by atoms with van der Waals surface area (Å²) in [6, 6.07) is 11.5. The number of benzene rings is 1. The van der Waals surface area contributed by atoms with Crippen LogP contribution in [0.2, 0.25) is 5.02 Å². The summed E-state index contributed by atoms with van der Waals surface area (Å²) in [7, 11) is 0. The van der Waals surface area contributed by atoms with Crippen molar-refractivity contribution in [3.05, 3.63) is 64.9 Å². The number of carbonyl (C=O) groups is 1. The summed E-state index contributed by atoms with van der Waals surface area (Å²) in [4.78, 5) is 18.2. The average molecular weight is 354 g/mol. The summed E-state index contributed by atoms with van der Waals surface area (Å²) in [5.74, 6) is -0.0827. The Kier molecular flexibility index (Phi) is 5.56. The molecule has 1 amide bonds. The fourth-order valence-corrected chi connectivity index (χ4v) is 2.51. The molecule has 0 aliphatic rings. The second kappa shape index (κ2) is 7.41. The molecule has 2 aromatic rings. The van der Waals surface area contributed by atoms with Crippen LogP contribution in [0.15, 0.2) is 48.8 Å². The minimum absolute atomic E-state index is 0.0827. The molecule has 1 aromatic carbocycles. The van der Waals surface area contributed by atoms with E-state index in [1.54, 1.807) is 17.2 Å². The van der Waals surface area contributed by atoms with E-state index in [1.165, 1.54) is 6.20 Å². The van der Waals surface area contributed by atoms with Crippen molar-refractivity contribution >= 4 is 33.4 Å². The molecular formula is C15H14BrClN2O. The molecule has 1 aromatic heterocycles. The molecule has 0 spiro atoms. The minimum atomic E-state index is -0.0827. The van der Waals surface area contributed by atoms with Crippen molar-refractivity contribution in [2.24, 2.45) is 0 Å². The smallest absolute Gasteiger partial charge is 0.255 e. The zero-order chi connectivity index (χ0) is 14.4. The van der Waals surface area contributed by atoms with Gasteiger partial charge in [-0.2, -0.15) is 0 Å². The summed E-state index contributed by atoms with van der Waals surface area (Å²) < 4.78 is 0. The van der Waals surface area contributed by atoms with Crippen LogP contribution >= 0.6 is 27.5 Å². The Bertz CT molecular complexity index is 577. The van der Waals surface area contributed by atoms with Gasteiger partial charge >= 0.3 is 0 Å². The predicted octanol–water partition coefficient (Wildman–Crippen LogP) is 3.77. The van der Waals surface area contributed by atoms with Crippen LogP contribution in [0.5, 0.6) is 0 Å². The van der Waals surface area contributed by atoms with E-state index in [4.69, 9.17) is 11.6 Å². The maximum Gasteiger partial charge on any atom is 0.255 e. The Balaban J connectivity index is 2.20. The average Bonchev–Trinajstić information content (AvgIpc) is 2.48. The zero-order valence-electron chi connectivity index (χ0n) is 10.8. The number of hydrogen-bond acceptors (Lipinski definition) is 2. The van der Waals surface area contributed by atoms with Crippen LogP contribution in [0.25, 0.3) is 0 Å². The van der Waals surface area contributed by atoms with Gasteiger partial charge in [-0.05, 0) is 11.6 Å². The fraction of sp³-hybridized carbons (Fsp3) is 0.200. The Labute approximate surface area is 131 Å². The highest BCUT2D eigenvalue weighted by Gasteiger charge is 2.18. The highest BCUT2D eigenvalue weighted by atomic mass is 79.9. The quantitative estimate of drug-likeness (QED) is 0.767. The number of pyridine rings is 1. The molecule has 1 heterocycles. The van der Waals surface area contributed by atoms with Crippen LogP contribution in [-0.4, -0.2) is 27.7 Å². The van der Waals surface area contributed by atoms with E-state index in [1.807, 2.05) is 30.3 Å². The lowest BCUT2D eigenvalue weighted by Gasteiger charge is -2.22. The molecule has 0 aliphatic heterocycles. The molecule has 0 fully saturated rings. The van der Waals surface area contributed by atoms with E-state index in [2.05, 4.69) is 20.9 Å². The van der Waals surface area contributed by atoms with Gasteiger partial charge in [0.15, 0.2) is 0 Å². The molecule has 0 saturated carbocycles. The number of carbonyl (C=O) groups excluding carboxylic acids is 1. The van der Waals surface area contributed by atoms with Gasteiger partial charge in [-0.3, -0.25) is 9.78 Å². The number of hydrogen-bond donors (Lipinski definition) is 0. The monoisotopic (exact) mass is 352 g/mol. The maximum absolute atomic E-state index is 12.6. The molecule has 5 heteroatoms. The second-order valence-corrected chi connectivity index (χ2v) is 5.46. The van der Waals surface area contributed by atoms with Crippen LogP contribution in [0.3, 0.4) is 0 Å². The fourth-order valence-electron chi connectivity index (χ4n) is 1.88. The maximum atomic E-state index is 12.6. The summed E-state index contributed by atoms with van der Waals surface area (Å²) in [6.07, 6.45) is 3.07. The van der Waals surface area contributed by atoms with Crippen molar-refractivity contribution in [1.82, 2.24) is 9.88 Å². The van der Waals surface area contributed by atoms with Gasteiger partial charge < -0.3 is 4.90 Å². The molecule has 0 radical (unpaired) electrons. The molecule has 20 heavy (non-hydrogen) atoms. The molecule has 3 nitrogen and oxygen atoms in total. The Hall–Kier alpha value is -1.39. The summed E-state index contributed by atoms with van der Waals surface area (Å²) in [5.41, 5.74) is 1.57. The predicted molar refractivity (Wildman–Crippen MR) is 84.2 cm³/mol. The van der Waals surface area contributed by atoms with Crippen LogP contribution in [-0.2, 0) is 6.54 Å². The number of rotatable bonds is 5. The molecule has 0 unspecified atom stereocenters. The van der Waals surface area contributed by atoms with Gasteiger partial charge in [0.25, 0.3) is 5.91 Å². The first kappa shape index (κ1) is 15.0. The minimum Gasteiger partial charge on any atom is -0.333 e. The highest BCUT2D eigenvalue weighted by molar-refractivity contribution is 9.09. The third-order valence-corrected chi connectivity index (χ3v) is 3.52. The van der Waals surface area contributed by atoms with Gasteiger partial charge in [0, 0.05) is 30.8 Å². The zero-order valence-corrected chi connectivity index (χ0v) is 13.1. The van der Waals surface area contributed by atoms with E-state index >= 15 is 0 Å².